The van der Waals surface area contributed by atoms with Crippen LogP contribution in [0.5, 0.6) is 0 Å². The highest BCUT2D eigenvalue weighted by Gasteiger charge is 2.14. The third kappa shape index (κ3) is 3.59. The van der Waals surface area contributed by atoms with Crippen LogP contribution in [0.3, 0.4) is 0 Å². The summed E-state index contributed by atoms with van der Waals surface area (Å²) in [5, 5.41) is 2.78. The summed E-state index contributed by atoms with van der Waals surface area (Å²) >= 11 is 0. The lowest BCUT2D eigenvalue weighted by atomic mass is 10.3. The molecule has 21 heavy (non-hydrogen) atoms. The minimum Gasteiger partial charge on any atom is -0.465 e. The van der Waals surface area contributed by atoms with Crippen LogP contribution in [-0.4, -0.2) is 28.0 Å². The van der Waals surface area contributed by atoms with Crippen molar-refractivity contribution in [3.8, 4) is 0 Å². The minimum atomic E-state index is -0.316. The number of hydrogen-bond donors (Lipinski definition) is 1. The molecule has 0 fully saturated rings. The van der Waals surface area contributed by atoms with Crippen molar-refractivity contribution in [2.24, 2.45) is 0 Å². The van der Waals surface area contributed by atoms with Gasteiger partial charge in [-0.25, -0.2) is 4.98 Å². The van der Waals surface area contributed by atoms with Gasteiger partial charge >= 0.3 is 5.97 Å². The van der Waals surface area contributed by atoms with Crippen LogP contribution in [0.1, 0.15) is 26.1 Å². The average molecular weight is 289 g/mol. The van der Waals surface area contributed by atoms with Gasteiger partial charge in [-0.15, -0.1) is 0 Å². The van der Waals surface area contributed by atoms with Crippen molar-refractivity contribution in [3.05, 3.63) is 30.1 Å². The van der Waals surface area contributed by atoms with E-state index in [9.17, 15) is 9.59 Å². The minimum absolute atomic E-state index is 0.0512. The summed E-state index contributed by atoms with van der Waals surface area (Å²) in [4.78, 5) is 27.6. The molecule has 6 nitrogen and oxygen atoms in total. The molecule has 0 atom stereocenters. The largest absolute Gasteiger partial charge is 0.465 e. The van der Waals surface area contributed by atoms with E-state index in [4.69, 9.17) is 4.74 Å². The van der Waals surface area contributed by atoms with Gasteiger partial charge in [0.05, 0.1) is 24.2 Å². The molecule has 112 valence electrons. The third-order valence-electron chi connectivity index (χ3n) is 3.09. The van der Waals surface area contributed by atoms with Crippen LogP contribution in [0.25, 0.3) is 11.0 Å². The number of nitrogens with one attached hydrogen (secondary N) is 1. The number of imidazole rings is 1. The first-order valence-corrected chi connectivity index (χ1v) is 7.02. The van der Waals surface area contributed by atoms with Crippen LogP contribution in [-0.2, 0) is 27.4 Å². The van der Waals surface area contributed by atoms with E-state index in [-0.39, 0.29) is 18.4 Å². The van der Waals surface area contributed by atoms with E-state index in [1.54, 1.807) is 18.4 Å². The number of carbonyl (C=O) groups is 2. The smallest absolute Gasteiger partial charge is 0.326 e. The normalized spacial score (nSPS) is 10.6. The van der Waals surface area contributed by atoms with E-state index >= 15 is 0 Å². The Morgan fingerprint density at radius 3 is 2.76 bits per heavy atom. The van der Waals surface area contributed by atoms with Gasteiger partial charge in [-0.2, -0.15) is 0 Å². The summed E-state index contributed by atoms with van der Waals surface area (Å²) in [5.74, 6) is 0.277. The maximum atomic E-state index is 11.7. The van der Waals surface area contributed by atoms with E-state index in [1.807, 2.05) is 24.3 Å². The van der Waals surface area contributed by atoms with Crippen LogP contribution < -0.4 is 5.32 Å². The fourth-order valence-corrected chi connectivity index (χ4v) is 2.08. The molecule has 1 aromatic heterocycles. The molecule has 0 radical (unpaired) electrons. The zero-order chi connectivity index (χ0) is 15.2. The monoisotopic (exact) mass is 289 g/mol. The summed E-state index contributed by atoms with van der Waals surface area (Å²) in [6.45, 7) is 4.28. The second-order valence-corrected chi connectivity index (χ2v) is 4.54. The van der Waals surface area contributed by atoms with Crippen molar-refractivity contribution in [2.75, 3.05) is 6.61 Å². The highest BCUT2D eigenvalue weighted by molar-refractivity contribution is 5.79. The van der Waals surface area contributed by atoms with Gasteiger partial charge in [0.25, 0.3) is 0 Å². The highest BCUT2D eigenvalue weighted by atomic mass is 16.5. The first-order valence-electron chi connectivity index (χ1n) is 7.02. The third-order valence-corrected chi connectivity index (χ3v) is 3.09. The number of esters is 1. The topological polar surface area (TPSA) is 73.2 Å². The molecule has 0 aliphatic carbocycles. The van der Waals surface area contributed by atoms with Crippen LogP contribution in [0.4, 0.5) is 0 Å². The van der Waals surface area contributed by atoms with Gasteiger partial charge < -0.3 is 14.6 Å². The lowest BCUT2D eigenvalue weighted by molar-refractivity contribution is -0.143. The Hall–Kier alpha value is -2.37. The number of benzene rings is 1. The molecule has 6 heteroatoms. The summed E-state index contributed by atoms with van der Waals surface area (Å²) < 4.78 is 6.77. The van der Waals surface area contributed by atoms with Crippen molar-refractivity contribution >= 4 is 22.9 Å². The second kappa shape index (κ2) is 6.88. The van der Waals surface area contributed by atoms with Crippen molar-refractivity contribution in [1.29, 1.82) is 0 Å². The van der Waals surface area contributed by atoms with E-state index in [0.717, 1.165) is 11.0 Å². The quantitative estimate of drug-likeness (QED) is 0.820. The van der Waals surface area contributed by atoms with Crippen molar-refractivity contribution in [1.82, 2.24) is 14.9 Å². The Morgan fingerprint density at radius 2 is 2.05 bits per heavy atom. The molecule has 1 amide bonds. The standard InChI is InChI=1S/C15H19N3O3/c1-3-14(19)16-9-13-17-11-7-5-6-8-12(11)18(13)10-15(20)21-4-2/h5-8H,3-4,9-10H2,1-2H3,(H,16,19). The predicted octanol–water partition coefficient (Wildman–Crippen LogP) is 1.63. The molecule has 2 rings (SSSR count). The van der Waals surface area contributed by atoms with Crippen LogP contribution in [0.2, 0.25) is 0 Å². The molecule has 0 saturated heterocycles. The Labute approximate surface area is 123 Å². The lowest BCUT2D eigenvalue weighted by Gasteiger charge is -2.09. The second-order valence-electron chi connectivity index (χ2n) is 4.54. The van der Waals surface area contributed by atoms with Gasteiger partial charge in [0.15, 0.2) is 0 Å². The molecule has 0 aliphatic rings. The number of aromatic nitrogens is 2. The Balaban J connectivity index is 2.29. The van der Waals surface area contributed by atoms with Crippen LogP contribution in [0, 0.1) is 0 Å². The summed E-state index contributed by atoms with van der Waals surface area (Å²) in [5.41, 5.74) is 1.65. The van der Waals surface area contributed by atoms with Crippen molar-refractivity contribution in [2.45, 2.75) is 33.4 Å². The van der Waals surface area contributed by atoms with Crippen LogP contribution >= 0.6 is 0 Å². The molecule has 0 aliphatic heterocycles. The molecule has 0 spiro atoms. The molecule has 1 aromatic carbocycles. The SMILES string of the molecule is CCOC(=O)Cn1c(CNC(=O)CC)nc2ccccc21. The molecule has 2 aromatic rings. The van der Waals surface area contributed by atoms with E-state index in [2.05, 4.69) is 10.3 Å². The van der Waals surface area contributed by atoms with Gasteiger partial charge in [0.1, 0.15) is 12.4 Å². The number of ether oxygens (including phenoxy) is 1. The number of amides is 1. The molecular formula is C15H19N3O3. The first kappa shape index (κ1) is 15.0. The predicted molar refractivity (Wildman–Crippen MR) is 78.5 cm³/mol. The Morgan fingerprint density at radius 1 is 1.29 bits per heavy atom. The van der Waals surface area contributed by atoms with Gasteiger partial charge in [-0.1, -0.05) is 19.1 Å². The number of rotatable bonds is 6. The molecule has 1 heterocycles. The Bertz CT molecular complexity index is 649. The average Bonchev–Trinajstić information content (AvgIpc) is 2.83. The fraction of sp³-hybridized carbons (Fsp3) is 0.400. The maximum Gasteiger partial charge on any atom is 0.326 e. The van der Waals surface area contributed by atoms with Crippen molar-refractivity contribution in [3.63, 3.8) is 0 Å². The molecule has 1 N–H and O–H groups in total. The van der Waals surface area contributed by atoms with Gasteiger partial charge in [0, 0.05) is 6.42 Å². The summed E-state index contributed by atoms with van der Waals surface area (Å²) in [6.07, 6.45) is 0.415. The van der Waals surface area contributed by atoms with E-state index in [0.29, 0.717) is 25.4 Å². The van der Waals surface area contributed by atoms with Gasteiger partial charge in [-0.3, -0.25) is 9.59 Å². The molecular weight excluding hydrogens is 270 g/mol. The zero-order valence-electron chi connectivity index (χ0n) is 12.3. The maximum absolute atomic E-state index is 11.7. The van der Waals surface area contributed by atoms with Gasteiger partial charge in [-0.05, 0) is 19.1 Å². The zero-order valence-corrected chi connectivity index (χ0v) is 12.3. The number of carbonyl (C=O) groups excluding carboxylic acids is 2. The Kier molecular flexibility index (Phi) is 4.92. The molecule has 0 bridgehead atoms. The molecule has 0 saturated carbocycles. The summed E-state index contributed by atoms with van der Waals surface area (Å²) in [6, 6.07) is 7.55. The molecule has 0 unspecified atom stereocenters. The number of hydrogen-bond acceptors (Lipinski definition) is 4. The number of para-hydroxylation sites is 2. The number of nitrogens with zero attached hydrogens (tertiary/aromatic N) is 2. The van der Waals surface area contributed by atoms with E-state index < -0.39 is 0 Å². The van der Waals surface area contributed by atoms with Gasteiger partial charge in [0.2, 0.25) is 5.91 Å². The fourth-order valence-electron chi connectivity index (χ4n) is 2.08. The first-order chi connectivity index (χ1) is 10.2. The van der Waals surface area contributed by atoms with Crippen molar-refractivity contribution < 1.29 is 14.3 Å². The van der Waals surface area contributed by atoms with Crippen LogP contribution in [0.15, 0.2) is 24.3 Å². The summed E-state index contributed by atoms with van der Waals surface area (Å²) in [7, 11) is 0. The lowest BCUT2D eigenvalue weighted by Crippen LogP contribution is -2.25. The van der Waals surface area contributed by atoms with E-state index in [1.165, 1.54) is 0 Å². The highest BCUT2D eigenvalue weighted by Crippen LogP contribution is 2.16. The number of fused-ring (bicyclic) bond motifs is 1.